The average molecular weight is 608 g/mol. The molecule has 232 valence electrons. The largest absolute Gasteiger partial charge is 0.586 e. The molecule has 0 unspecified atom stereocenters. The van der Waals surface area contributed by atoms with Crippen LogP contribution in [-0.4, -0.2) is 35.1 Å². The van der Waals surface area contributed by atoms with Crippen molar-refractivity contribution < 1.29 is 32.0 Å². The number of amides is 1. The van der Waals surface area contributed by atoms with Crippen LogP contribution in [0.2, 0.25) is 0 Å². The van der Waals surface area contributed by atoms with Gasteiger partial charge in [-0.15, -0.1) is 8.78 Å². The lowest BCUT2D eigenvalue weighted by molar-refractivity contribution is -0.286. The van der Waals surface area contributed by atoms with Gasteiger partial charge in [-0.3, -0.25) is 4.79 Å². The van der Waals surface area contributed by atoms with Crippen LogP contribution in [0.3, 0.4) is 0 Å². The van der Waals surface area contributed by atoms with E-state index in [-0.39, 0.29) is 46.5 Å². The van der Waals surface area contributed by atoms with E-state index in [9.17, 15) is 18.0 Å². The van der Waals surface area contributed by atoms with E-state index < -0.39 is 17.9 Å². The smallest absolute Gasteiger partial charge is 0.395 e. The number of benzene rings is 2. The average Bonchev–Trinajstić information content (AvgIpc) is 3.76. The molecule has 4 bridgehead atoms. The molecule has 2 aromatic carbocycles. The summed E-state index contributed by atoms with van der Waals surface area (Å²) in [5.41, 5.74) is 1.36. The van der Waals surface area contributed by atoms with Gasteiger partial charge in [0, 0.05) is 23.6 Å². The quantitative estimate of drug-likeness (QED) is 0.271. The summed E-state index contributed by atoms with van der Waals surface area (Å²) in [6.07, 6.45) is 2.47. The maximum absolute atomic E-state index is 14.7. The number of ether oxygens (including phenoxy) is 2. The van der Waals surface area contributed by atoms with Crippen LogP contribution < -0.4 is 14.4 Å². The van der Waals surface area contributed by atoms with E-state index >= 15 is 0 Å². The molecule has 10 heteroatoms. The molecular formula is C34H36F3N3O4. The molecule has 44 heavy (non-hydrogen) atoms. The Morgan fingerprint density at radius 1 is 0.955 bits per heavy atom. The summed E-state index contributed by atoms with van der Waals surface area (Å²) in [5.74, 6) is 1.63. The van der Waals surface area contributed by atoms with Gasteiger partial charge in [-0.2, -0.15) is 4.98 Å². The van der Waals surface area contributed by atoms with Crippen LogP contribution in [0.1, 0.15) is 89.3 Å². The second-order valence-corrected chi connectivity index (χ2v) is 14.3. The molecule has 2 heterocycles. The Kier molecular flexibility index (Phi) is 6.02. The molecule has 1 aliphatic heterocycles. The van der Waals surface area contributed by atoms with Crippen LogP contribution in [0.25, 0.3) is 11.1 Å². The Morgan fingerprint density at radius 3 is 2.32 bits per heavy atom. The molecule has 0 radical (unpaired) electrons. The molecule has 1 amide bonds. The maximum atomic E-state index is 14.7. The monoisotopic (exact) mass is 607 g/mol. The minimum Gasteiger partial charge on any atom is -0.395 e. The Balaban J connectivity index is 1.09. The first kappa shape index (κ1) is 28.0. The van der Waals surface area contributed by atoms with Gasteiger partial charge in [-0.1, -0.05) is 37.2 Å². The van der Waals surface area contributed by atoms with Crippen LogP contribution >= 0.6 is 0 Å². The van der Waals surface area contributed by atoms with Gasteiger partial charge in [0.05, 0.1) is 5.41 Å². The summed E-state index contributed by atoms with van der Waals surface area (Å²) in [7, 11) is 0. The third kappa shape index (κ3) is 4.34. The van der Waals surface area contributed by atoms with Crippen molar-refractivity contribution in [2.24, 2.45) is 16.7 Å². The fourth-order valence-corrected chi connectivity index (χ4v) is 8.56. The summed E-state index contributed by atoms with van der Waals surface area (Å²) in [4.78, 5) is 21.1. The molecular weight excluding hydrogens is 571 g/mol. The highest BCUT2D eigenvalue weighted by molar-refractivity contribution is 5.99. The molecule has 0 spiro atoms. The number of rotatable bonds is 7. The van der Waals surface area contributed by atoms with Gasteiger partial charge in [-0.05, 0) is 105 Å². The molecule has 6 fully saturated rings. The lowest BCUT2D eigenvalue weighted by Crippen LogP contribution is -2.54. The van der Waals surface area contributed by atoms with Crippen LogP contribution in [-0.2, 0) is 10.2 Å². The zero-order chi connectivity index (χ0) is 30.5. The minimum absolute atomic E-state index is 0.00615. The van der Waals surface area contributed by atoms with Gasteiger partial charge in [0.15, 0.2) is 17.3 Å². The molecule has 1 atom stereocenters. The van der Waals surface area contributed by atoms with Gasteiger partial charge >= 0.3 is 6.29 Å². The number of alkyl halides is 3. The summed E-state index contributed by atoms with van der Waals surface area (Å²) in [5, 5.41) is 4.23. The summed E-state index contributed by atoms with van der Waals surface area (Å²) in [6.45, 7) is 4.68. The zero-order valence-corrected chi connectivity index (χ0v) is 25.0. The first-order chi connectivity index (χ1) is 21.0. The summed E-state index contributed by atoms with van der Waals surface area (Å²) < 4.78 is 57.0. The first-order valence-corrected chi connectivity index (χ1v) is 15.8. The highest BCUT2D eigenvalue weighted by Crippen LogP contribution is 2.62. The Morgan fingerprint density at radius 2 is 1.66 bits per heavy atom. The van der Waals surface area contributed by atoms with E-state index in [0.717, 1.165) is 61.5 Å². The highest BCUT2D eigenvalue weighted by Gasteiger charge is 2.62. The number of hydrogen-bond acceptors (Lipinski definition) is 6. The zero-order valence-electron chi connectivity index (χ0n) is 25.0. The van der Waals surface area contributed by atoms with E-state index in [1.165, 1.54) is 12.1 Å². The first-order valence-electron chi connectivity index (χ1n) is 15.8. The van der Waals surface area contributed by atoms with Crippen molar-refractivity contribution in [3.63, 3.8) is 0 Å². The minimum atomic E-state index is -3.70. The van der Waals surface area contributed by atoms with Crippen LogP contribution in [0.5, 0.6) is 11.5 Å². The van der Waals surface area contributed by atoms with E-state index in [4.69, 9.17) is 9.51 Å². The number of nitrogens with zero attached hydrogens (tertiary/aromatic N) is 3. The number of anilines is 1. The topological polar surface area (TPSA) is 77.7 Å². The molecule has 0 N–H and O–H groups in total. The number of fused-ring (bicyclic) bond motifs is 5. The van der Waals surface area contributed by atoms with E-state index in [1.54, 1.807) is 6.07 Å². The SMILES string of the molecule is CC(C)c1noc(C23CCC(CN(C(=O)C45CC(C4)[C@@H](F)C5)c4cccc(-c5ccc6c(c5)OC(F)(F)O6)c4)(CC2)CC3)n1. The molecule has 6 saturated carbocycles. The van der Waals surface area contributed by atoms with Gasteiger partial charge in [0.1, 0.15) is 6.17 Å². The third-order valence-electron chi connectivity index (χ3n) is 11.3. The van der Waals surface area contributed by atoms with Crippen molar-refractivity contribution in [2.45, 2.75) is 95.4 Å². The highest BCUT2D eigenvalue weighted by atomic mass is 19.3. The van der Waals surface area contributed by atoms with Crippen molar-refractivity contribution in [3.8, 4) is 22.6 Å². The molecule has 1 aromatic heterocycles. The van der Waals surface area contributed by atoms with E-state index in [0.29, 0.717) is 24.9 Å². The predicted octanol–water partition coefficient (Wildman–Crippen LogP) is 7.94. The lowest BCUT2D eigenvalue weighted by atomic mass is 9.53. The lowest BCUT2D eigenvalue weighted by Gasteiger charge is -2.54. The molecule has 0 saturated heterocycles. The fourth-order valence-electron chi connectivity index (χ4n) is 8.56. The van der Waals surface area contributed by atoms with E-state index in [2.05, 4.69) is 28.5 Å². The van der Waals surface area contributed by atoms with Crippen LogP contribution in [0.4, 0.5) is 18.9 Å². The Hall–Kier alpha value is -3.56. The molecule has 6 aliphatic carbocycles. The van der Waals surface area contributed by atoms with Crippen molar-refractivity contribution in [1.29, 1.82) is 0 Å². The standard InChI is InChI=1S/C34H36F3N3O4/c1-20(2)28-38-29(44-39-28)32-11-8-31(9-12-32,10-13-32)19-40(30(41)33-16-23(17-33)25(35)18-33)24-5-3-4-21(14-24)22-6-7-26-27(15-22)43-34(36,37)42-26/h3-7,14-15,20,23,25H,8-13,16-19H2,1-2H3/t23?,25-,31?,32?,33?/m0/s1. The van der Waals surface area contributed by atoms with Gasteiger partial charge in [-0.25, -0.2) is 4.39 Å². The summed E-state index contributed by atoms with van der Waals surface area (Å²) in [6, 6.07) is 12.3. The van der Waals surface area contributed by atoms with Crippen LogP contribution in [0.15, 0.2) is 47.0 Å². The van der Waals surface area contributed by atoms with Gasteiger partial charge in [0.2, 0.25) is 11.8 Å². The second kappa shape index (κ2) is 9.47. The normalized spacial score (nSPS) is 32.6. The van der Waals surface area contributed by atoms with E-state index in [1.807, 2.05) is 29.2 Å². The predicted molar refractivity (Wildman–Crippen MR) is 155 cm³/mol. The number of hydrogen-bond donors (Lipinski definition) is 0. The van der Waals surface area contributed by atoms with Crippen molar-refractivity contribution in [1.82, 2.24) is 10.1 Å². The van der Waals surface area contributed by atoms with Crippen molar-refractivity contribution in [3.05, 3.63) is 54.2 Å². The second-order valence-electron chi connectivity index (χ2n) is 14.3. The Labute approximate surface area is 254 Å². The van der Waals surface area contributed by atoms with Gasteiger partial charge in [0.25, 0.3) is 0 Å². The fraction of sp³-hybridized carbons (Fsp3) is 0.559. The Bertz CT molecular complexity index is 1610. The van der Waals surface area contributed by atoms with Crippen LogP contribution in [0, 0.1) is 16.7 Å². The van der Waals surface area contributed by atoms with Crippen molar-refractivity contribution in [2.75, 3.05) is 11.4 Å². The molecule has 3 aromatic rings. The number of carbonyl (C=O) groups is 1. The molecule has 7 aliphatic rings. The third-order valence-corrected chi connectivity index (χ3v) is 11.3. The molecule has 7 nitrogen and oxygen atoms in total. The maximum Gasteiger partial charge on any atom is 0.586 e. The van der Waals surface area contributed by atoms with Crippen molar-refractivity contribution >= 4 is 11.6 Å². The summed E-state index contributed by atoms with van der Waals surface area (Å²) >= 11 is 0. The number of halogens is 3. The van der Waals surface area contributed by atoms with Gasteiger partial charge < -0.3 is 18.9 Å². The number of aromatic nitrogens is 2. The number of carbonyl (C=O) groups excluding carboxylic acids is 1. The molecule has 10 rings (SSSR count).